The first kappa shape index (κ1) is 22.2. The van der Waals surface area contributed by atoms with Crippen molar-refractivity contribution in [1.82, 2.24) is 20.2 Å². The predicted octanol–water partition coefficient (Wildman–Crippen LogP) is 2.72. The van der Waals surface area contributed by atoms with Crippen molar-refractivity contribution in [2.24, 2.45) is 0 Å². The van der Waals surface area contributed by atoms with Crippen LogP contribution in [0.5, 0.6) is 0 Å². The van der Waals surface area contributed by atoms with E-state index in [1.807, 2.05) is 12.1 Å². The normalized spacial score (nSPS) is 16.6. The Balaban J connectivity index is 1.47. The van der Waals surface area contributed by atoms with Crippen molar-refractivity contribution in [1.29, 1.82) is 0 Å². The van der Waals surface area contributed by atoms with Crippen molar-refractivity contribution in [2.45, 2.75) is 52.0 Å². The molecule has 2 aromatic rings. The molecule has 0 unspecified atom stereocenters. The number of likely N-dealkylation sites (tertiary alicyclic amines) is 1. The zero-order valence-corrected chi connectivity index (χ0v) is 18.7. The minimum Gasteiger partial charge on any atom is -0.352 e. The Bertz CT molecular complexity index is 987. The van der Waals surface area contributed by atoms with Crippen molar-refractivity contribution in [3.8, 4) is 0 Å². The average Bonchev–Trinajstić information content (AvgIpc) is 2.79. The number of carbonyl (C=O) groups excluding carboxylic acids is 2. The van der Waals surface area contributed by atoms with Gasteiger partial charge in [0.2, 0.25) is 11.8 Å². The van der Waals surface area contributed by atoms with E-state index in [0.29, 0.717) is 19.6 Å². The zero-order chi connectivity index (χ0) is 22.7. The maximum Gasteiger partial charge on any atom is 0.241 e. The molecule has 7 nitrogen and oxygen atoms in total. The van der Waals surface area contributed by atoms with Gasteiger partial charge in [0.05, 0.1) is 6.54 Å². The summed E-state index contributed by atoms with van der Waals surface area (Å²) in [5.41, 5.74) is 3.28. The maximum atomic E-state index is 13.3. The quantitative estimate of drug-likeness (QED) is 0.775. The number of piperidine rings is 1. The summed E-state index contributed by atoms with van der Waals surface area (Å²) in [4.78, 5) is 37.3. The van der Waals surface area contributed by atoms with Crippen LogP contribution in [0.15, 0.2) is 24.3 Å². The number of benzene rings is 1. The first-order valence-electron chi connectivity index (χ1n) is 11.3. The molecule has 0 bridgehead atoms. The van der Waals surface area contributed by atoms with Gasteiger partial charge in [-0.3, -0.25) is 9.59 Å². The number of amides is 2. The number of hydrogen-bond donors (Lipinski definition) is 1. The molecule has 3 heterocycles. The molecule has 0 spiro atoms. The zero-order valence-electron chi connectivity index (χ0n) is 18.7. The summed E-state index contributed by atoms with van der Waals surface area (Å²) in [5.74, 6) is 1.57. The molecule has 1 aromatic heterocycles. The van der Waals surface area contributed by atoms with Gasteiger partial charge in [-0.15, -0.1) is 0 Å². The van der Waals surface area contributed by atoms with Gasteiger partial charge in [0.25, 0.3) is 0 Å². The molecule has 0 aliphatic carbocycles. The minimum atomic E-state index is -0.227. The SMILES string of the molecule is CC(=O)NCC(=O)N1CCC(c2nc(C)c3c(n2)N(Cc2ccc(F)cc2)CCC3)CC1. The molecule has 1 N–H and O–H groups in total. The molecule has 2 amide bonds. The lowest BCUT2D eigenvalue weighted by molar-refractivity contribution is -0.133. The van der Waals surface area contributed by atoms with Crippen molar-refractivity contribution >= 4 is 17.6 Å². The number of hydrogen-bond acceptors (Lipinski definition) is 5. The van der Waals surface area contributed by atoms with Crippen LogP contribution in [0.3, 0.4) is 0 Å². The number of aryl methyl sites for hydroxylation is 1. The van der Waals surface area contributed by atoms with Gasteiger partial charge in [0.1, 0.15) is 17.5 Å². The molecule has 0 atom stereocenters. The Hall–Kier alpha value is -3.03. The summed E-state index contributed by atoms with van der Waals surface area (Å²) in [6.07, 6.45) is 3.63. The van der Waals surface area contributed by atoms with Crippen LogP contribution in [0, 0.1) is 12.7 Å². The molecular formula is C24H30FN5O2. The van der Waals surface area contributed by atoms with Crippen LogP contribution in [-0.2, 0) is 22.6 Å². The Morgan fingerprint density at radius 1 is 1.12 bits per heavy atom. The Morgan fingerprint density at radius 3 is 2.53 bits per heavy atom. The van der Waals surface area contributed by atoms with Gasteiger partial charge in [0.15, 0.2) is 0 Å². The summed E-state index contributed by atoms with van der Waals surface area (Å²) < 4.78 is 13.3. The highest BCUT2D eigenvalue weighted by Gasteiger charge is 2.28. The number of aromatic nitrogens is 2. The van der Waals surface area contributed by atoms with Crippen LogP contribution in [0.25, 0.3) is 0 Å². The number of fused-ring (bicyclic) bond motifs is 1. The van der Waals surface area contributed by atoms with E-state index in [-0.39, 0.29) is 30.1 Å². The molecule has 1 saturated heterocycles. The first-order valence-corrected chi connectivity index (χ1v) is 11.3. The molecule has 32 heavy (non-hydrogen) atoms. The summed E-state index contributed by atoms with van der Waals surface area (Å²) in [7, 11) is 0. The van der Waals surface area contributed by atoms with Gasteiger partial charge in [0, 0.05) is 50.3 Å². The number of nitrogens with one attached hydrogen (secondary N) is 1. The maximum absolute atomic E-state index is 13.3. The van der Waals surface area contributed by atoms with Gasteiger partial charge >= 0.3 is 0 Å². The molecule has 0 radical (unpaired) electrons. The van der Waals surface area contributed by atoms with E-state index >= 15 is 0 Å². The molecular weight excluding hydrogens is 409 g/mol. The lowest BCUT2D eigenvalue weighted by Crippen LogP contribution is -2.43. The summed E-state index contributed by atoms with van der Waals surface area (Å²) >= 11 is 0. The second-order valence-electron chi connectivity index (χ2n) is 8.69. The number of rotatable bonds is 5. The fraction of sp³-hybridized carbons (Fsp3) is 0.500. The third kappa shape index (κ3) is 5.06. The second-order valence-corrected chi connectivity index (χ2v) is 8.69. The van der Waals surface area contributed by atoms with E-state index in [1.54, 1.807) is 4.90 Å². The Morgan fingerprint density at radius 2 is 1.84 bits per heavy atom. The largest absolute Gasteiger partial charge is 0.352 e. The van der Waals surface area contributed by atoms with Gasteiger partial charge in [-0.05, 0) is 50.3 Å². The second kappa shape index (κ2) is 9.63. The van der Waals surface area contributed by atoms with E-state index in [0.717, 1.165) is 55.1 Å². The fourth-order valence-electron chi connectivity index (χ4n) is 4.55. The lowest BCUT2D eigenvalue weighted by Gasteiger charge is -2.34. The molecule has 8 heteroatoms. The molecule has 1 fully saturated rings. The average molecular weight is 440 g/mol. The van der Waals surface area contributed by atoms with Gasteiger partial charge in [-0.1, -0.05) is 12.1 Å². The highest BCUT2D eigenvalue weighted by Crippen LogP contribution is 2.32. The van der Waals surface area contributed by atoms with E-state index < -0.39 is 0 Å². The van der Waals surface area contributed by atoms with Gasteiger partial charge < -0.3 is 15.1 Å². The Kier molecular flexibility index (Phi) is 6.67. The monoisotopic (exact) mass is 439 g/mol. The summed E-state index contributed by atoms with van der Waals surface area (Å²) in [6.45, 7) is 6.40. The molecule has 0 saturated carbocycles. The van der Waals surface area contributed by atoms with Crippen LogP contribution in [0.4, 0.5) is 10.2 Å². The van der Waals surface area contributed by atoms with Gasteiger partial charge in [-0.2, -0.15) is 0 Å². The highest BCUT2D eigenvalue weighted by molar-refractivity contribution is 5.83. The molecule has 2 aliphatic heterocycles. The van der Waals surface area contributed by atoms with Gasteiger partial charge in [-0.25, -0.2) is 14.4 Å². The van der Waals surface area contributed by atoms with E-state index in [4.69, 9.17) is 9.97 Å². The highest BCUT2D eigenvalue weighted by atomic mass is 19.1. The summed E-state index contributed by atoms with van der Waals surface area (Å²) in [6, 6.07) is 6.65. The molecule has 2 aliphatic rings. The molecule has 4 rings (SSSR count). The number of carbonyl (C=O) groups is 2. The fourth-order valence-corrected chi connectivity index (χ4v) is 4.55. The van der Waals surface area contributed by atoms with Crippen LogP contribution < -0.4 is 10.2 Å². The third-order valence-corrected chi connectivity index (χ3v) is 6.35. The first-order chi connectivity index (χ1) is 15.4. The minimum absolute atomic E-state index is 0.0484. The Labute approximate surface area is 188 Å². The van der Waals surface area contributed by atoms with Crippen LogP contribution in [0.2, 0.25) is 0 Å². The van der Waals surface area contributed by atoms with Crippen LogP contribution in [0.1, 0.15) is 54.7 Å². The van der Waals surface area contributed by atoms with E-state index in [1.165, 1.54) is 24.6 Å². The number of halogens is 1. The standard InChI is InChI=1S/C24H30FN5O2/c1-16-21-4-3-11-30(15-18-5-7-20(25)8-6-18)24(21)28-23(27-16)19-9-12-29(13-10-19)22(32)14-26-17(2)31/h5-8,19H,3-4,9-15H2,1-2H3,(H,26,31). The molecule has 1 aromatic carbocycles. The summed E-state index contributed by atoms with van der Waals surface area (Å²) in [5, 5.41) is 2.57. The van der Waals surface area contributed by atoms with Crippen LogP contribution >= 0.6 is 0 Å². The smallest absolute Gasteiger partial charge is 0.241 e. The van der Waals surface area contributed by atoms with Crippen molar-refractivity contribution in [2.75, 3.05) is 31.1 Å². The van der Waals surface area contributed by atoms with Crippen molar-refractivity contribution in [3.63, 3.8) is 0 Å². The third-order valence-electron chi connectivity index (χ3n) is 6.35. The van der Waals surface area contributed by atoms with E-state index in [2.05, 4.69) is 17.1 Å². The van der Waals surface area contributed by atoms with Crippen molar-refractivity contribution in [3.05, 3.63) is 52.7 Å². The topological polar surface area (TPSA) is 78.4 Å². The van der Waals surface area contributed by atoms with E-state index in [9.17, 15) is 14.0 Å². The van der Waals surface area contributed by atoms with Crippen molar-refractivity contribution < 1.29 is 14.0 Å². The predicted molar refractivity (Wildman–Crippen MR) is 120 cm³/mol. The lowest BCUT2D eigenvalue weighted by atomic mass is 9.94. The number of nitrogens with zero attached hydrogens (tertiary/aromatic N) is 4. The number of anilines is 1. The van der Waals surface area contributed by atoms with Crippen LogP contribution in [-0.4, -0.2) is 52.9 Å². The molecule has 170 valence electrons.